The van der Waals surface area contributed by atoms with E-state index in [2.05, 4.69) is 30.5 Å². The number of para-hydroxylation sites is 1. The number of aliphatic hydroxyl groups excluding tert-OH is 1. The Morgan fingerprint density at radius 2 is 2.00 bits per heavy atom. The highest BCUT2D eigenvalue weighted by Gasteiger charge is 2.06. The van der Waals surface area contributed by atoms with Gasteiger partial charge in [0.1, 0.15) is 0 Å². The number of aliphatic hydroxyl groups is 1. The van der Waals surface area contributed by atoms with E-state index in [4.69, 9.17) is 4.74 Å². The highest BCUT2D eigenvalue weighted by atomic mass is 16.5. The van der Waals surface area contributed by atoms with Crippen LogP contribution in [0, 0.1) is 5.92 Å². The van der Waals surface area contributed by atoms with Crippen LogP contribution in [0.25, 0.3) is 10.9 Å². The maximum Gasteiger partial charge on any atom is 0.0702 e. The molecule has 104 valence electrons. The van der Waals surface area contributed by atoms with Crippen LogP contribution >= 0.6 is 0 Å². The molecular formula is C16H23NO2. The van der Waals surface area contributed by atoms with Crippen molar-refractivity contribution in [2.24, 2.45) is 5.92 Å². The van der Waals surface area contributed by atoms with Gasteiger partial charge in [-0.05, 0) is 18.4 Å². The largest absolute Gasteiger partial charge is 0.392 e. The molecule has 0 aliphatic rings. The molecule has 0 saturated heterocycles. The normalized spacial score (nSPS) is 11.6. The number of benzene rings is 1. The van der Waals surface area contributed by atoms with Gasteiger partial charge >= 0.3 is 0 Å². The highest BCUT2D eigenvalue weighted by molar-refractivity contribution is 5.83. The fourth-order valence-electron chi connectivity index (χ4n) is 2.22. The standard InChI is InChI=1S/C16H23NO2/c1-13(2)7-9-19-10-8-17-11-14(12-18)15-5-3-4-6-16(15)17/h3-6,11,13,18H,7-10,12H2,1-2H3. The molecule has 0 spiro atoms. The minimum Gasteiger partial charge on any atom is -0.392 e. The minimum absolute atomic E-state index is 0.0850. The topological polar surface area (TPSA) is 34.4 Å². The molecule has 19 heavy (non-hydrogen) atoms. The van der Waals surface area contributed by atoms with E-state index in [0.29, 0.717) is 5.92 Å². The first-order chi connectivity index (χ1) is 9.22. The zero-order valence-corrected chi connectivity index (χ0v) is 11.8. The van der Waals surface area contributed by atoms with Crippen LogP contribution in [0.5, 0.6) is 0 Å². The van der Waals surface area contributed by atoms with E-state index in [-0.39, 0.29) is 6.61 Å². The molecule has 0 atom stereocenters. The van der Waals surface area contributed by atoms with Gasteiger partial charge in [0.15, 0.2) is 0 Å². The van der Waals surface area contributed by atoms with E-state index < -0.39 is 0 Å². The van der Waals surface area contributed by atoms with Crippen molar-refractivity contribution >= 4 is 10.9 Å². The van der Waals surface area contributed by atoms with Crippen LogP contribution < -0.4 is 0 Å². The smallest absolute Gasteiger partial charge is 0.0702 e. The van der Waals surface area contributed by atoms with Crippen molar-refractivity contribution in [2.75, 3.05) is 13.2 Å². The van der Waals surface area contributed by atoms with Gasteiger partial charge in [0, 0.05) is 35.8 Å². The summed E-state index contributed by atoms with van der Waals surface area (Å²) in [6.07, 6.45) is 3.13. The van der Waals surface area contributed by atoms with Crippen LogP contribution in [-0.4, -0.2) is 22.9 Å². The Bertz CT molecular complexity index is 516. The van der Waals surface area contributed by atoms with E-state index in [1.807, 2.05) is 18.3 Å². The monoisotopic (exact) mass is 261 g/mol. The third kappa shape index (κ3) is 3.58. The van der Waals surface area contributed by atoms with E-state index >= 15 is 0 Å². The predicted molar refractivity (Wildman–Crippen MR) is 78.1 cm³/mol. The Morgan fingerprint density at radius 1 is 1.21 bits per heavy atom. The summed E-state index contributed by atoms with van der Waals surface area (Å²) in [6.45, 7) is 6.87. The highest BCUT2D eigenvalue weighted by Crippen LogP contribution is 2.21. The van der Waals surface area contributed by atoms with Gasteiger partial charge in [-0.1, -0.05) is 32.0 Å². The summed E-state index contributed by atoms with van der Waals surface area (Å²) in [7, 11) is 0. The first kappa shape index (κ1) is 14.1. The second kappa shape index (κ2) is 6.73. The molecule has 1 heterocycles. The molecule has 1 aromatic heterocycles. The molecule has 0 amide bonds. The van der Waals surface area contributed by atoms with Crippen LogP contribution in [-0.2, 0) is 17.9 Å². The Kier molecular flexibility index (Phi) is 5.00. The van der Waals surface area contributed by atoms with Crippen LogP contribution in [0.4, 0.5) is 0 Å². The van der Waals surface area contributed by atoms with E-state index in [9.17, 15) is 5.11 Å². The number of rotatable bonds is 7. The molecule has 3 heteroatoms. The quantitative estimate of drug-likeness (QED) is 0.777. The lowest BCUT2D eigenvalue weighted by molar-refractivity contribution is 0.117. The molecule has 0 aliphatic heterocycles. The third-order valence-corrected chi connectivity index (χ3v) is 3.36. The minimum atomic E-state index is 0.0850. The first-order valence-corrected chi connectivity index (χ1v) is 6.97. The number of fused-ring (bicyclic) bond motifs is 1. The van der Waals surface area contributed by atoms with E-state index in [1.54, 1.807) is 0 Å². The van der Waals surface area contributed by atoms with Gasteiger partial charge in [-0.25, -0.2) is 0 Å². The van der Waals surface area contributed by atoms with E-state index in [1.165, 1.54) is 5.52 Å². The van der Waals surface area contributed by atoms with Crippen molar-refractivity contribution < 1.29 is 9.84 Å². The SMILES string of the molecule is CC(C)CCOCCn1cc(CO)c2ccccc21. The van der Waals surface area contributed by atoms with Crippen molar-refractivity contribution in [3.8, 4) is 0 Å². The summed E-state index contributed by atoms with van der Waals surface area (Å²) < 4.78 is 7.82. The fraction of sp³-hybridized carbons (Fsp3) is 0.500. The Labute approximate surface area is 114 Å². The molecule has 0 bridgehead atoms. The second-order valence-electron chi connectivity index (χ2n) is 5.32. The Balaban J connectivity index is 1.97. The van der Waals surface area contributed by atoms with Crippen molar-refractivity contribution in [2.45, 2.75) is 33.4 Å². The fourth-order valence-corrected chi connectivity index (χ4v) is 2.22. The van der Waals surface area contributed by atoms with Gasteiger partial charge < -0.3 is 14.4 Å². The van der Waals surface area contributed by atoms with E-state index in [0.717, 1.165) is 37.1 Å². The molecule has 0 radical (unpaired) electrons. The van der Waals surface area contributed by atoms with Gasteiger partial charge in [-0.3, -0.25) is 0 Å². The summed E-state index contributed by atoms with van der Waals surface area (Å²) in [5.41, 5.74) is 2.15. The number of ether oxygens (including phenoxy) is 1. The van der Waals surface area contributed by atoms with Crippen LogP contribution in [0.2, 0.25) is 0 Å². The summed E-state index contributed by atoms with van der Waals surface area (Å²) >= 11 is 0. The molecule has 1 aromatic carbocycles. The zero-order valence-electron chi connectivity index (χ0n) is 11.8. The lowest BCUT2D eigenvalue weighted by Crippen LogP contribution is -2.07. The van der Waals surface area contributed by atoms with Crippen molar-refractivity contribution in [3.05, 3.63) is 36.0 Å². The predicted octanol–water partition coefficient (Wildman–Crippen LogP) is 3.20. The zero-order chi connectivity index (χ0) is 13.7. The molecule has 0 fully saturated rings. The number of hydrogen-bond donors (Lipinski definition) is 1. The van der Waals surface area contributed by atoms with Gasteiger partial charge in [0.25, 0.3) is 0 Å². The van der Waals surface area contributed by atoms with Gasteiger partial charge in [0.2, 0.25) is 0 Å². The van der Waals surface area contributed by atoms with Crippen LogP contribution in [0.1, 0.15) is 25.8 Å². The number of aromatic nitrogens is 1. The Morgan fingerprint density at radius 3 is 2.74 bits per heavy atom. The summed E-state index contributed by atoms with van der Waals surface area (Å²) in [5.74, 6) is 0.688. The molecule has 0 unspecified atom stereocenters. The second-order valence-corrected chi connectivity index (χ2v) is 5.32. The van der Waals surface area contributed by atoms with Crippen molar-refractivity contribution in [1.82, 2.24) is 4.57 Å². The third-order valence-electron chi connectivity index (χ3n) is 3.36. The number of hydrogen-bond acceptors (Lipinski definition) is 2. The average Bonchev–Trinajstić information content (AvgIpc) is 2.76. The van der Waals surface area contributed by atoms with Crippen LogP contribution in [0.15, 0.2) is 30.5 Å². The van der Waals surface area contributed by atoms with Crippen molar-refractivity contribution in [1.29, 1.82) is 0 Å². The van der Waals surface area contributed by atoms with Gasteiger partial charge in [0.05, 0.1) is 13.2 Å². The molecule has 0 saturated carbocycles. The molecule has 3 nitrogen and oxygen atoms in total. The average molecular weight is 261 g/mol. The lowest BCUT2D eigenvalue weighted by atomic mass is 10.1. The maximum atomic E-state index is 9.38. The molecular weight excluding hydrogens is 238 g/mol. The maximum absolute atomic E-state index is 9.38. The molecule has 1 N–H and O–H groups in total. The Hall–Kier alpha value is -1.32. The summed E-state index contributed by atoms with van der Waals surface area (Å²) in [6, 6.07) is 8.17. The van der Waals surface area contributed by atoms with Crippen LogP contribution in [0.3, 0.4) is 0 Å². The molecule has 2 aromatic rings. The molecule has 0 aliphatic carbocycles. The van der Waals surface area contributed by atoms with Gasteiger partial charge in [-0.2, -0.15) is 0 Å². The van der Waals surface area contributed by atoms with Gasteiger partial charge in [-0.15, -0.1) is 0 Å². The summed E-state index contributed by atoms with van der Waals surface area (Å²) in [4.78, 5) is 0. The first-order valence-electron chi connectivity index (χ1n) is 6.97. The number of nitrogens with zero attached hydrogens (tertiary/aromatic N) is 1. The lowest BCUT2D eigenvalue weighted by Gasteiger charge is -2.08. The summed E-state index contributed by atoms with van der Waals surface area (Å²) in [5, 5.41) is 10.5. The van der Waals surface area contributed by atoms with Crippen molar-refractivity contribution in [3.63, 3.8) is 0 Å². The molecule has 2 rings (SSSR count).